The Morgan fingerprint density at radius 2 is 2.28 bits per heavy atom. The smallest absolute Gasteiger partial charge is 0.187 e. The summed E-state index contributed by atoms with van der Waals surface area (Å²) in [5, 5.41) is 13.2. The first-order valence-electron chi connectivity index (χ1n) is 6.02. The van der Waals surface area contributed by atoms with E-state index < -0.39 is 0 Å². The summed E-state index contributed by atoms with van der Waals surface area (Å²) in [7, 11) is 0. The topological polar surface area (TPSA) is 48.7 Å². The minimum absolute atomic E-state index is 0.694. The van der Waals surface area contributed by atoms with Gasteiger partial charge in [0.05, 0.1) is 17.3 Å². The fraction of sp³-hybridized carbons (Fsp3) is 0.286. The van der Waals surface area contributed by atoms with Crippen LogP contribution in [0.15, 0.2) is 18.2 Å². The van der Waals surface area contributed by atoms with Crippen molar-refractivity contribution in [2.45, 2.75) is 26.2 Å². The Balaban J connectivity index is 1.86. The molecule has 0 aliphatic heterocycles. The van der Waals surface area contributed by atoms with Crippen LogP contribution in [-0.4, -0.2) is 4.98 Å². The van der Waals surface area contributed by atoms with Crippen LogP contribution in [0.2, 0.25) is 0 Å². The Kier molecular flexibility index (Phi) is 2.77. The molecule has 0 unspecified atom stereocenters. The molecular formula is C14H13N3S. The van der Waals surface area contributed by atoms with Crippen LogP contribution in [0.1, 0.15) is 28.1 Å². The average molecular weight is 255 g/mol. The Hall–Kier alpha value is -1.86. The maximum atomic E-state index is 8.84. The number of nitriles is 1. The van der Waals surface area contributed by atoms with E-state index in [2.05, 4.69) is 16.4 Å². The summed E-state index contributed by atoms with van der Waals surface area (Å²) < 4.78 is 0. The molecule has 0 amide bonds. The van der Waals surface area contributed by atoms with Gasteiger partial charge in [-0.2, -0.15) is 5.26 Å². The lowest BCUT2D eigenvalue weighted by molar-refractivity contribution is 0.900. The van der Waals surface area contributed by atoms with Crippen LogP contribution in [0.25, 0.3) is 0 Å². The highest BCUT2D eigenvalue weighted by Crippen LogP contribution is 2.32. The van der Waals surface area contributed by atoms with Gasteiger partial charge in [-0.15, -0.1) is 11.3 Å². The molecule has 0 radical (unpaired) electrons. The van der Waals surface area contributed by atoms with Crippen molar-refractivity contribution in [1.29, 1.82) is 5.26 Å². The first-order chi connectivity index (χ1) is 8.76. The number of hydrogen-bond acceptors (Lipinski definition) is 4. The van der Waals surface area contributed by atoms with Crippen LogP contribution in [0.3, 0.4) is 0 Å². The van der Waals surface area contributed by atoms with E-state index in [0.29, 0.717) is 5.56 Å². The van der Waals surface area contributed by atoms with Crippen LogP contribution < -0.4 is 5.32 Å². The highest BCUT2D eigenvalue weighted by molar-refractivity contribution is 7.15. The normalized spacial score (nSPS) is 13.1. The number of rotatable bonds is 2. The number of nitrogens with one attached hydrogen (secondary N) is 1. The minimum atomic E-state index is 0.694. The van der Waals surface area contributed by atoms with Gasteiger partial charge in [-0.25, -0.2) is 4.98 Å². The number of nitrogens with zero attached hydrogens (tertiary/aromatic N) is 2. The van der Waals surface area contributed by atoms with Crippen LogP contribution in [0.5, 0.6) is 0 Å². The molecule has 1 aromatic heterocycles. The summed E-state index contributed by atoms with van der Waals surface area (Å²) in [5.41, 5.74) is 4.05. The molecule has 1 aliphatic rings. The fourth-order valence-corrected chi connectivity index (χ4v) is 3.29. The molecular weight excluding hydrogens is 242 g/mol. The number of fused-ring (bicyclic) bond motifs is 1. The van der Waals surface area contributed by atoms with E-state index in [1.54, 1.807) is 11.3 Å². The zero-order chi connectivity index (χ0) is 12.5. The van der Waals surface area contributed by atoms with E-state index in [-0.39, 0.29) is 0 Å². The molecule has 1 aromatic carbocycles. The van der Waals surface area contributed by atoms with Crippen molar-refractivity contribution in [3.63, 3.8) is 0 Å². The van der Waals surface area contributed by atoms with E-state index in [1.165, 1.54) is 23.4 Å². The third-order valence-electron chi connectivity index (χ3n) is 3.19. The highest BCUT2D eigenvalue weighted by Gasteiger charge is 2.16. The SMILES string of the molecule is Cc1cc(C#N)ccc1Nc1nc2c(s1)CCC2. The predicted molar refractivity (Wildman–Crippen MR) is 73.3 cm³/mol. The maximum Gasteiger partial charge on any atom is 0.187 e. The van der Waals surface area contributed by atoms with E-state index >= 15 is 0 Å². The molecule has 3 rings (SSSR count). The molecule has 1 N–H and O–H groups in total. The number of thiazole rings is 1. The third kappa shape index (κ3) is 1.98. The lowest BCUT2D eigenvalue weighted by Gasteiger charge is -2.06. The fourth-order valence-electron chi connectivity index (χ4n) is 2.23. The molecule has 0 spiro atoms. The minimum Gasteiger partial charge on any atom is -0.331 e. The van der Waals surface area contributed by atoms with Gasteiger partial charge in [-0.05, 0) is 49.9 Å². The molecule has 0 fully saturated rings. The number of hydrogen-bond donors (Lipinski definition) is 1. The summed E-state index contributed by atoms with van der Waals surface area (Å²) in [6, 6.07) is 7.82. The molecule has 0 atom stereocenters. The van der Waals surface area contributed by atoms with Crippen molar-refractivity contribution in [1.82, 2.24) is 4.98 Å². The Bertz CT molecular complexity index is 615. The van der Waals surface area contributed by atoms with E-state index in [4.69, 9.17) is 5.26 Å². The van der Waals surface area contributed by atoms with Crippen LogP contribution in [0, 0.1) is 18.3 Å². The quantitative estimate of drug-likeness (QED) is 0.892. The summed E-state index contributed by atoms with van der Waals surface area (Å²) in [5.74, 6) is 0. The summed E-state index contributed by atoms with van der Waals surface area (Å²) >= 11 is 1.75. The zero-order valence-electron chi connectivity index (χ0n) is 10.2. The molecule has 1 aliphatic carbocycles. The maximum absolute atomic E-state index is 8.84. The van der Waals surface area contributed by atoms with Crippen molar-refractivity contribution in [3.05, 3.63) is 39.9 Å². The molecule has 3 nitrogen and oxygen atoms in total. The predicted octanol–water partition coefficient (Wildman–Crippen LogP) is 3.56. The summed E-state index contributed by atoms with van der Waals surface area (Å²) in [6.07, 6.45) is 3.52. The molecule has 0 saturated carbocycles. The van der Waals surface area contributed by atoms with Gasteiger partial charge in [0.2, 0.25) is 0 Å². The molecule has 0 bridgehead atoms. The van der Waals surface area contributed by atoms with Gasteiger partial charge in [0.1, 0.15) is 0 Å². The number of benzene rings is 1. The van der Waals surface area contributed by atoms with Gasteiger partial charge >= 0.3 is 0 Å². The second kappa shape index (κ2) is 4.43. The average Bonchev–Trinajstić information content (AvgIpc) is 2.92. The second-order valence-corrected chi connectivity index (χ2v) is 5.59. The van der Waals surface area contributed by atoms with Gasteiger partial charge < -0.3 is 5.32 Å². The summed E-state index contributed by atoms with van der Waals surface area (Å²) in [4.78, 5) is 6.03. The molecule has 2 aromatic rings. The number of aromatic nitrogens is 1. The number of anilines is 2. The van der Waals surface area contributed by atoms with E-state index in [9.17, 15) is 0 Å². The Morgan fingerprint density at radius 1 is 1.39 bits per heavy atom. The van der Waals surface area contributed by atoms with Gasteiger partial charge in [0, 0.05) is 10.6 Å². The van der Waals surface area contributed by atoms with Crippen molar-refractivity contribution >= 4 is 22.2 Å². The van der Waals surface area contributed by atoms with Crippen molar-refractivity contribution in [2.24, 2.45) is 0 Å². The van der Waals surface area contributed by atoms with Gasteiger partial charge in [-0.1, -0.05) is 0 Å². The number of aryl methyl sites for hydroxylation is 3. The van der Waals surface area contributed by atoms with Crippen LogP contribution in [0.4, 0.5) is 10.8 Å². The van der Waals surface area contributed by atoms with Crippen molar-refractivity contribution < 1.29 is 0 Å². The summed E-state index contributed by atoms with van der Waals surface area (Å²) in [6.45, 7) is 2.00. The van der Waals surface area contributed by atoms with Crippen molar-refractivity contribution in [2.75, 3.05) is 5.32 Å². The zero-order valence-corrected chi connectivity index (χ0v) is 11.0. The lowest BCUT2D eigenvalue weighted by Crippen LogP contribution is -1.93. The first kappa shape index (κ1) is 11.2. The molecule has 90 valence electrons. The highest BCUT2D eigenvalue weighted by atomic mass is 32.1. The Labute approximate surface area is 110 Å². The molecule has 0 saturated heterocycles. The first-order valence-corrected chi connectivity index (χ1v) is 6.84. The third-order valence-corrected chi connectivity index (χ3v) is 4.27. The van der Waals surface area contributed by atoms with E-state index in [1.807, 2.05) is 25.1 Å². The Morgan fingerprint density at radius 3 is 3.00 bits per heavy atom. The molecule has 4 heteroatoms. The van der Waals surface area contributed by atoms with E-state index in [0.717, 1.165) is 22.8 Å². The second-order valence-electron chi connectivity index (χ2n) is 4.51. The largest absolute Gasteiger partial charge is 0.331 e. The monoisotopic (exact) mass is 255 g/mol. The van der Waals surface area contributed by atoms with Gasteiger partial charge in [-0.3, -0.25) is 0 Å². The van der Waals surface area contributed by atoms with Crippen molar-refractivity contribution in [3.8, 4) is 6.07 Å². The standard InChI is InChI=1S/C14H13N3S/c1-9-7-10(8-15)5-6-11(9)16-14-17-12-3-2-4-13(12)18-14/h5-7H,2-4H2,1H3,(H,16,17). The van der Waals surface area contributed by atoms with Gasteiger partial charge in [0.15, 0.2) is 5.13 Å². The van der Waals surface area contributed by atoms with Crippen LogP contribution in [-0.2, 0) is 12.8 Å². The molecule has 1 heterocycles. The van der Waals surface area contributed by atoms with Gasteiger partial charge in [0.25, 0.3) is 0 Å². The lowest BCUT2D eigenvalue weighted by atomic mass is 10.1. The van der Waals surface area contributed by atoms with Crippen LogP contribution >= 0.6 is 11.3 Å². The molecule has 18 heavy (non-hydrogen) atoms.